The summed E-state index contributed by atoms with van der Waals surface area (Å²) in [6.07, 6.45) is 0.874. The highest BCUT2D eigenvalue weighted by atomic mass is 19.1. The topological polar surface area (TPSA) is 150 Å². The van der Waals surface area contributed by atoms with Crippen molar-refractivity contribution in [2.75, 3.05) is 48.9 Å². The molecule has 0 aliphatic carbocycles. The quantitative estimate of drug-likeness (QED) is 0.409. The molecule has 3 N–H and O–H groups in total. The number of aryl methyl sites for hydroxylation is 1. The van der Waals surface area contributed by atoms with Crippen molar-refractivity contribution in [3.63, 3.8) is 0 Å². The maximum atomic E-state index is 14.5. The molecule has 3 aromatic heterocycles. The van der Waals surface area contributed by atoms with Crippen LogP contribution >= 0.6 is 0 Å². The molecule has 4 heterocycles. The van der Waals surface area contributed by atoms with Crippen molar-refractivity contribution >= 4 is 23.7 Å². The number of aromatic amines is 1. The molecule has 1 aliphatic rings. The summed E-state index contributed by atoms with van der Waals surface area (Å²) < 4.78 is 38.7. The molecular weight excluding hydrogens is 462 g/mol. The zero-order valence-electron chi connectivity index (χ0n) is 19.1. The largest absolute Gasteiger partial charge is 0.382 e. The second-order valence-corrected chi connectivity index (χ2v) is 7.82. The van der Waals surface area contributed by atoms with Gasteiger partial charge in [0.25, 0.3) is 0 Å². The van der Waals surface area contributed by atoms with Crippen LogP contribution in [0.3, 0.4) is 0 Å². The minimum atomic E-state index is -0.827. The third-order valence-corrected chi connectivity index (χ3v) is 5.11. The molecule has 0 aromatic carbocycles. The number of hydrogen-bond acceptors (Lipinski definition) is 11. The van der Waals surface area contributed by atoms with Crippen LogP contribution in [0, 0.1) is 29.9 Å². The van der Waals surface area contributed by atoms with Crippen LogP contribution in [0.4, 0.5) is 32.4 Å². The first-order valence-electron chi connectivity index (χ1n) is 10.8. The Hall–Kier alpha value is -3.96. The van der Waals surface area contributed by atoms with E-state index in [0.717, 1.165) is 18.0 Å². The van der Waals surface area contributed by atoms with Gasteiger partial charge in [-0.15, -0.1) is 0 Å². The lowest BCUT2D eigenvalue weighted by Crippen LogP contribution is -2.43. The van der Waals surface area contributed by atoms with E-state index in [-0.39, 0.29) is 36.7 Å². The van der Waals surface area contributed by atoms with Crippen LogP contribution in [0.1, 0.15) is 23.9 Å². The maximum absolute atomic E-state index is 14.5. The average molecular weight is 486 g/mol. The number of nitrogens with zero attached hydrogens (tertiary/aromatic N) is 7. The van der Waals surface area contributed by atoms with Gasteiger partial charge in [0, 0.05) is 38.0 Å². The number of anilines is 4. The maximum Gasteiger partial charge on any atom is 0.235 e. The normalized spacial score (nSPS) is 16.5. The first-order valence-corrected chi connectivity index (χ1v) is 10.8. The third-order valence-electron chi connectivity index (χ3n) is 5.11. The molecule has 12 nitrogen and oxygen atoms in total. The predicted octanol–water partition coefficient (Wildman–Crippen LogP) is 2.24. The Bertz CT molecular complexity index is 1200. The van der Waals surface area contributed by atoms with Gasteiger partial charge in [0.2, 0.25) is 17.8 Å². The molecule has 2 atom stereocenters. The van der Waals surface area contributed by atoms with Gasteiger partial charge >= 0.3 is 0 Å². The summed E-state index contributed by atoms with van der Waals surface area (Å²) in [5.74, 6) is -0.491. The predicted molar refractivity (Wildman–Crippen MR) is 121 cm³/mol. The SMILES string of the molecule is COC[C@H](Nc1nc(Nc2cc(C)[nH]n2)nc(N2CCOC(CC#N)C2)n1)c1ncc(F)cc1F. The highest BCUT2D eigenvalue weighted by molar-refractivity contribution is 5.53. The van der Waals surface area contributed by atoms with Gasteiger partial charge in [-0.3, -0.25) is 10.1 Å². The second kappa shape index (κ2) is 11.0. The van der Waals surface area contributed by atoms with Crippen LogP contribution in [0.5, 0.6) is 0 Å². The number of nitriles is 1. The molecule has 1 unspecified atom stereocenters. The van der Waals surface area contributed by atoms with Crippen molar-refractivity contribution in [1.29, 1.82) is 5.26 Å². The van der Waals surface area contributed by atoms with E-state index in [2.05, 4.69) is 46.8 Å². The van der Waals surface area contributed by atoms with Crippen LogP contribution in [0.25, 0.3) is 0 Å². The summed E-state index contributed by atoms with van der Waals surface area (Å²) in [5.41, 5.74) is 0.791. The number of halogens is 2. The Morgan fingerprint density at radius 2 is 2.14 bits per heavy atom. The van der Waals surface area contributed by atoms with Gasteiger partial charge < -0.3 is 25.0 Å². The smallest absolute Gasteiger partial charge is 0.235 e. The van der Waals surface area contributed by atoms with E-state index in [1.807, 2.05) is 11.8 Å². The van der Waals surface area contributed by atoms with Gasteiger partial charge in [-0.2, -0.15) is 25.3 Å². The Kier molecular flexibility index (Phi) is 7.58. The van der Waals surface area contributed by atoms with Crippen molar-refractivity contribution < 1.29 is 18.3 Å². The lowest BCUT2D eigenvalue weighted by Gasteiger charge is -2.32. The number of H-pyrrole nitrogens is 1. The van der Waals surface area contributed by atoms with Gasteiger partial charge in [-0.05, 0) is 6.92 Å². The molecule has 14 heteroatoms. The highest BCUT2D eigenvalue weighted by Gasteiger charge is 2.25. The van der Waals surface area contributed by atoms with E-state index >= 15 is 0 Å². The standard InChI is InChI=1S/C21H24F2N10O2/c1-12-7-17(32-31-12)27-20-28-19(26-16(11-34-2)18-15(23)8-13(22)9-25-18)29-21(30-20)33-5-6-35-14(10-33)3-4-24/h7-9,14,16H,3,5-6,10-11H2,1-2H3,(H3,26,27,28,29,30,31,32)/t14?,16-/m0/s1. The van der Waals surface area contributed by atoms with E-state index < -0.39 is 17.7 Å². The molecule has 35 heavy (non-hydrogen) atoms. The summed E-state index contributed by atoms with van der Waals surface area (Å²) in [4.78, 5) is 19.1. The second-order valence-electron chi connectivity index (χ2n) is 7.82. The zero-order valence-corrected chi connectivity index (χ0v) is 19.1. The third kappa shape index (κ3) is 6.14. The lowest BCUT2D eigenvalue weighted by atomic mass is 10.2. The summed E-state index contributed by atoms with van der Waals surface area (Å²) in [6.45, 7) is 3.18. The van der Waals surface area contributed by atoms with Gasteiger partial charge in [-0.25, -0.2) is 8.78 Å². The van der Waals surface area contributed by atoms with E-state index in [1.165, 1.54) is 7.11 Å². The molecule has 0 bridgehead atoms. The van der Waals surface area contributed by atoms with Crippen molar-refractivity contribution in [1.82, 2.24) is 30.1 Å². The van der Waals surface area contributed by atoms with Gasteiger partial charge in [-0.1, -0.05) is 0 Å². The molecule has 0 saturated carbocycles. The number of pyridine rings is 1. The molecule has 184 valence electrons. The number of hydrogen-bond donors (Lipinski definition) is 3. The van der Waals surface area contributed by atoms with Crippen molar-refractivity contribution in [2.45, 2.75) is 25.5 Å². The summed E-state index contributed by atoms with van der Waals surface area (Å²) in [5, 5.41) is 22.0. The van der Waals surface area contributed by atoms with Crippen molar-refractivity contribution in [3.05, 3.63) is 41.4 Å². The Balaban J connectivity index is 1.66. The number of nitrogens with one attached hydrogen (secondary N) is 3. The fourth-order valence-corrected chi connectivity index (χ4v) is 3.54. The molecular formula is C21H24F2N10O2. The number of morpholine rings is 1. The fraction of sp³-hybridized carbons (Fsp3) is 0.429. The molecule has 4 rings (SSSR count). The first kappa shape index (κ1) is 24.2. The Labute approximate surface area is 199 Å². The first-order chi connectivity index (χ1) is 16.9. The average Bonchev–Trinajstić information content (AvgIpc) is 3.23. The molecule has 0 amide bonds. The Morgan fingerprint density at radius 1 is 1.31 bits per heavy atom. The van der Waals surface area contributed by atoms with E-state index in [9.17, 15) is 8.78 Å². The van der Waals surface area contributed by atoms with Gasteiger partial charge in [0.15, 0.2) is 5.82 Å². The lowest BCUT2D eigenvalue weighted by molar-refractivity contribution is 0.0433. The van der Waals surface area contributed by atoms with Crippen LogP contribution in [-0.2, 0) is 9.47 Å². The van der Waals surface area contributed by atoms with E-state index in [1.54, 1.807) is 6.07 Å². The minimum absolute atomic E-state index is 0.0136. The molecule has 0 spiro atoms. The number of aromatic nitrogens is 6. The molecule has 3 aromatic rings. The van der Waals surface area contributed by atoms with Crippen LogP contribution in [0.15, 0.2) is 18.3 Å². The Morgan fingerprint density at radius 3 is 2.86 bits per heavy atom. The monoisotopic (exact) mass is 486 g/mol. The molecule has 1 saturated heterocycles. The number of methoxy groups -OCH3 is 1. The highest BCUT2D eigenvalue weighted by Crippen LogP contribution is 2.24. The summed E-state index contributed by atoms with van der Waals surface area (Å²) in [6, 6.07) is 3.83. The number of rotatable bonds is 9. The fourth-order valence-electron chi connectivity index (χ4n) is 3.54. The van der Waals surface area contributed by atoms with Crippen LogP contribution in [-0.4, -0.2) is 69.7 Å². The molecule has 0 radical (unpaired) electrons. The summed E-state index contributed by atoms with van der Waals surface area (Å²) >= 11 is 0. The summed E-state index contributed by atoms with van der Waals surface area (Å²) in [7, 11) is 1.45. The van der Waals surface area contributed by atoms with Crippen molar-refractivity contribution in [2.24, 2.45) is 0 Å². The van der Waals surface area contributed by atoms with Gasteiger partial charge in [0.1, 0.15) is 17.3 Å². The minimum Gasteiger partial charge on any atom is -0.382 e. The molecule has 1 fully saturated rings. The van der Waals surface area contributed by atoms with Gasteiger partial charge in [0.05, 0.1) is 44.0 Å². The number of ether oxygens (including phenoxy) is 2. The van der Waals surface area contributed by atoms with Crippen molar-refractivity contribution in [3.8, 4) is 6.07 Å². The van der Waals surface area contributed by atoms with Crippen LogP contribution < -0.4 is 15.5 Å². The molecule has 1 aliphatic heterocycles. The van der Waals surface area contributed by atoms with Crippen LogP contribution in [0.2, 0.25) is 0 Å². The van der Waals surface area contributed by atoms with E-state index in [0.29, 0.717) is 31.5 Å². The van der Waals surface area contributed by atoms with E-state index in [4.69, 9.17) is 14.7 Å². The zero-order chi connectivity index (χ0) is 24.8.